The van der Waals surface area contributed by atoms with Crippen LogP contribution >= 0.6 is 0 Å². The minimum Gasteiger partial charge on any atom is -0.363 e. The van der Waals surface area contributed by atoms with Crippen molar-refractivity contribution in [2.45, 2.75) is 44.7 Å². The van der Waals surface area contributed by atoms with E-state index in [0.29, 0.717) is 23.7 Å². The molecule has 0 unspecified atom stereocenters. The van der Waals surface area contributed by atoms with Crippen molar-refractivity contribution >= 4 is 33.4 Å². The van der Waals surface area contributed by atoms with Crippen LogP contribution in [0.15, 0.2) is 66.7 Å². The topological polar surface area (TPSA) is 132 Å². The molecule has 10 nitrogen and oxygen atoms in total. The zero-order chi connectivity index (χ0) is 31.3. The Balaban J connectivity index is 1.31. The number of anilines is 3. The Labute approximate surface area is 255 Å². The lowest BCUT2D eigenvalue weighted by atomic mass is 10.1. The number of halogens is 2. The van der Waals surface area contributed by atoms with Crippen molar-refractivity contribution in [3.8, 4) is 0 Å². The van der Waals surface area contributed by atoms with Gasteiger partial charge < -0.3 is 16.0 Å². The summed E-state index contributed by atoms with van der Waals surface area (Å²) in [6.07, 6.45) is 3.67. The lowest BCUT2D eigenvalue weighted by Crippen LogP contribution is -2.41. The van der Waals surface area contributed by atoms with E-state index >= 15 is 4.39 Å². The molecule has 0 radical (unpaired) electrons. The molecule has 0 saturated heterocycles. The molecule has 1 amide bonds. The molecule has 4 N–H and O–H groups in total. The molecule has 1 saturated carbocycles. The van der Waals surface area contributed by atoms with Crippen LogP contribution in [0.3, 0.4) is 0 Å². The number of pyridine rings is 1. The number of sulfonamides is 1. The number of hydrogen-bond acceptors (Lipinski definition) is 7. The van der Waals surface area contributed by atoms with Crippen molar-refractivity contribution in [3.05, 3.63) is 101 Å². The first-order valence-corrected chi connectivity index (χ1v) is 16.2. The van der Waals surface area contributed by atoms with Gasteiger partial charge in [-0.3, -0.25) is 9.89 Å². The van der Waals surface area contributed by atoms with E-state index in [4.69, 9.17) is 0 Å². The number of aromatic amines is 1. The van der Waals surface area contributed by atoms with E-state index in [1.165, 1.54) is 18.2 Å². The van der Waals surface area contributed by atoms with Gasteiger partial charge in [0.2, 0.25) is 15.9 Å². The lowest BCUT2D eigenvalue weighted by Gasteiger charge is -2.21. The van der Waals surface area contributed by atoms with Gasteiger partial charge in [0, 0.05) is 42.4 Å². The first kappa shape index (κ1) is 31.1. The number of hydrogen-bond donors (Lipinski definition) is 4. The summed E-state index contributed by atoms with van der Waals surface area (Å²) in [7, 11) is -3.67. The van der Waals surface area contributed by atoms with Crippen molar-refractivity contribution in [2.24, 2.45) is 0 Å². The molecule has 232 valence electrons. The van der Waals surface area contributed by atoms with Crippen molar-refractivity contribution in [1.29, 1.82) is 0 Å². The van der Waals surface area contributed by atoms with Gasteiger partial charge >= 0.3 is 0 Å². The van der Waals surface area contributed by atoms with Crippen LogP contribution in [0.4, 0.5) is 26.2 Å². The summed E-state index contributed by atoms with van der Waals surface area (Å²) in [5, 5.41) is 16.0. The van der Waals surface area contributed by atoms with E-state index in [1.54, 1.807) is 12.1 Å². The summed E-state index contributed by atoms with van der Waals surface area (Å²) in [6, 6.07) is 18.1. The van der Waals surface area contributed by atoms with Gasteiger partial charge in [-0.1, -0.05) is 42.5 Å². The fourth-order valence-electron chi connectivity index (χ4n) is 4.71. The Kier molecular flexibility index (Phi) is 9.55. The van der Waals surface area contributed by atoms with Crippen LogP contribution in [-0.2, 0) is 27.8 Å². The average Bonchev–Trinajstić information content (AvgIpc) is 3.74. The smallest absolute Gasteiger partial charge is 0.235 e. The Bertz CT molecular complexity index is 1700. The number of nitrogens with one attached hydrogen (secondary N) is 4. The molecule has 1 atom stereocenters. The standard InChI is InChI=1S/C31H35F2N7O3S/c1-20(22-10-12-25(32)13-11-22)35-30-24(16-26(33)31(37-30)36-28-17-27(38-39-28)23-8-9-23)18-34-29(41)19-40(44(2,42)43)15-14-21-6-4-3-5-7-21/h3-7,10-13,16-17,20,23H,8-9,14-15,18-19H2,1-2H3,(H,34,41)(H3,35,36,37,38,39)/t20-/m0/s1. The van der Waals surface area contributed by atoms with Crippen molar-refractivity contribution < 1.29 is 22.0 Å². The number of benzene rings is 2. The van der Waals surface area contributed by atoms with Gasteiger partial charge in [0.05, 0.1) is 12.8 Å². The second-order valence-electron chi connectivity index (χ2n) is 11.0. The molecule has 0 aliphatic heterocycles. The van der Waals surface area contributed by atoms with Gasteiger partial charge in [0.1, 0.15) is 11.6 Å². The fourth-order valence-corrected chi connectivity index (χ4v) is 5.48. The van der Waals surface area contributed by atoms with Gasteiger partial charge in [-0.25, -0.2) is 22.2 Å². The molecule has 2 heterocycles. The van der Waals surface area contributed by atoms with Crippen LogP contribution in [-0.4, -0.2) is 53.2 Å². The summed E-state index contributed by atoms with van der Waals surface area (Å²) in [4.78, 5) is 17.4. The Morgan fingerprint density at radius 1 is 1.07 bits per heavy atom. The van der Waals surface area contributed by atoms with Gasteiger partial charge in [-0.05, 0) is 55.5 Å². The van der Waals surface area contributed by atoms with Crippen molar-refractivity contribution in [1.82, 2.24) is 24.8 Å². The molecule has 5 rings (SSSR count). The van der Waals surface area contributed by atoms with Crippen molar-refractivity contribution in [3.63, 3.8) is 0 Å². The van der Waals surface area contributed by atoms with E-state index in [0.717, 1.165) is 40.2 Å². The van der Waals surface area contributed by atoms with Gasteiger partial charge in [-0.15, -0.1) is 0 Å². The zero-order valence-electron chi connectivity index (χ0n) is 24.5. The van der Waals surface area contributed by atoms with Crippen LogP contribution in [0.1, 0.15) is 54.1 Å². The molecule has 2 aromatic heterocycles. The highest BCUT2D eigenvalue weighted by atomic mass is 32.2. The predicted molar refractivity (Wildman–Crippen MR) is 165 cm³/mol. The summed E-state index contributed by atoms with van der Waals surface area (Å²) in [5.74, 6) is -0.494. The Morgan fingerprint density at radius 2 is 1.80 bits per heavy atom. The molecule has 44 heavy (non-hydrogen) atoms. The summed E-state index contributed by atoms with van der Waals surface area (Å²) < 4.78 is 54.7. The number of amides is 1. The minimum atomic E-state index is -3.67. The van der Waals surface area contributed by atoms with E-state index < -0.39 is 28.3 Å². The van der Waals surface area contributed by atoms with Crippen LogP contribution < -0.4 is 16.0 Å². The number of carbonyl (C=O) groups excluding carboxylic acids is 1. The number of rotatable bonds is 14. The molecule has 2 aromatic carbocycles. The quantitative estimate of drug-likeness (QED) is 0.156. The van der Waals surface area contributed by atoms with Gasteiger partial charge in [-0.2, -0.15) is 9.40 Å². The maximum atomic E-state index is 15.3. The van der Waals surface area contributed by atoms with E-state index in [2.05, 4.69) is 31.1 Å². The SMILES string of the molecule is C[C@H](Nc1nc(Nc2cc(C3CC3)[nH]n2)c(F)cc1CNC(=O)CN(CCc1ccccc1)S(C)(=O)=O)c1ccc(F)cc1. The Hall–Kier alpha value is -4.36. The lowest BCUT2D eigenvalue weighted by molar-refractivity contribution is -0.121. The summed E-state index contributed by atoms with van der Waals surface area (Å²) >= 11 is 0. The average molecular weight is 624 g/mol. The molecule has 1 fully saturated rings. The highest BCUT2D eigenvalue weighted by molar-refractivity contribution is 7.88. The Morgan fingerprint density at radius 3 is 2.48 bits per heavy atom. The molecular formula is C31H35F2N7O3S. The van der Waals surface area contributed by atoms with Gasteiger partial charge in [0.25, 0.3) is 0 Å². The maximum Gasteiger partial charge on any atom is 0.235 e. The molecule has 1 aliphatic rings. The first-order chi connectivity index (χ1) is 21.0. The van der Waals surface area contributed by atoms with Crippen molar-refractivity contribution in [2.75, 3.05) is 30.0 Å². The van der Waals surface area contributed by atoms with Crippen LogP contribution in [0.25, 0.3) is 0 Å². The molecule has 4 aromatic rings. The predicted octanol–water partition coefficient (Wildman–Crippen LogP) is 5.00. The van der Waals surface area contributed by atoms with Crippen LogP contribution in [0.2, 0.25) is 0 Å². The third-order valence-electron chi connectivity index (χ3n) is 7.40. The molecule has 13 heteroatoms. The van der Waals surface area contributed by atoms with E-state index in [1.807, 2.05) is 43.3 Å². The third-order valence-corrected chi connectivity index (χ3v) is 8.65. The number of carbonyl (C=O) groups is 1. The normalized spacial score (nSPS) is 13.9. The van der Waals surface area contributed by atoms with Crippen LogP contribution in [0.5, 0.6) is 0 Å². The third kappa shape index (κ3) is 8.38. The summed E-state index contributed by atoms with van der Waals surface area (Å²) in [6.45, 7) is 1.47. The first-order valence-electron chi connectivity index (χ1n) is 14.3. The number of nitrogens with zero attached hydrogens (tertiary/aromatic N) is 3. The zero-order valence-corrected chi connectivity index (χ0v) is 25.3. The molecule has 1 aliphatic carbocycles. The number of H-pyrrole nitrogens is 1. The highest BCUT2D eigenvalue weighted by Gasteiger charge is 2.26. The molecular weight excluding hydrogens is 588 g/mol. The van der Waals surface area contributed by atoms with Crippen LogP contribution in [0, 0.1) is 11.6 Å². The fraction of sp³-hybridized carbons (Fsp3) is 0.323. The second-order valence-corrected chi connectivity index (χ2v) is 12.9. The largest absolute Gasteiger partial charge is 0.363 e. The second kappa shape index (κ2) is 13.5. The van der Waals surface area contributed by atoms with Gasteiger partial charge in [0.15, 0.2) is 17.5 Å². The van der Waals surface area contributed by atoms with E-state index in [9.17, 15) is 17.6 Å². The monoisotopic (exact) mass is 623 g/mol. The van der Waals surface area contributed by atoms with E-state index in [-0.39, 0.29) is 36.6 Å². The summed E-state index contributed by atoms with van der Waals surface area (Å²) in [5.41, 5.74) is 3.03. The molecule has 0 bridgehead atoms. The highest BCUT2D eigenvalue weighted by Crippen LogP contribution is 2.39. The minimum absolute atomic E-state index is 0.0631. The molecule has 0 spiro atoms. The number of aromatic nitrogens is 3. The maximum absolute atomic E-state index is 15.3.